The monoisotopic (exact) mass is 415 g/mol. The lowest BCUT2D eigenvalue weighted by Crippen LogP contribution is -2.21. The molecule has 158 valence electrons. The number of nitrogens with zero attached hydrogens (tertiary/aromatic N) is 2. The Kier molecular flexibility index (Phi) is 5.27. The number of anilines is 1. The minimum Gasteiger partial charge on any atom is -0.465 e. The normalized spacial score (nSPS) is 11.0. The van der Waals surface area contributed by atoms with E-state index in [1.54, 1.807) is 0 Å². The molecule has 0 saturated carbocycles. The van der Waals surface area contributed by atoms with Crippen LogP contribution in [0.15, 0.2) is 59.0 Å². The van der Waals surface area contributed by atoms with E-state index in [4.69, 9.17) is 9.15 Å². The Morgan fingerprint density at radius 3 is 2.39 bits per heavy atom. The van der Waals surface area contributed by atoms with E-state index in [-0.39, 0.29) is 5.97 Å². The lowest BCUT2D eigenvalue weighted by Gasteiger charge is -2.19. The number of hydrogen-bond acceptors (Lipinski definition) is 4. The summed E-state index contributed by atoms with van der Waals surface area (Å²) in [6, 6.07) is 18.2. The standard InChI is InChI=1S/C26H27N2O3/c1-16-7-10-19(22(13-16)26(29)30-6)25-20-11-8-17(27(2)3)14-23(20)31-24-15-18(28(4)5)9-12-21(24)25/h7-15H,1-6H3/q+1. The second-order valence-corrected chi connectivity index (χ2v) is 8.17. The van der Waals surface area contributed by atoms with Gasteiger partial charge in [0.25, 0.3) is 0 Å². The van der Waals surface area contributed by atoms with Crippen molar-refractivity contribution >= 4 is 22.6 Å². The molecule has 0 unspecified atom stereocenters. The molecule has 31 heavy (non-hydrogen) atoms. The van der Waals surface area contributed by atoms with Gasteiger partial charge in [0, 0.05) is 48.4 Å². The Bertz CT molecular complexity index is 1340. The molecule has 0 amide bonds. The van der Waals surface area contributed by atoms with Crippen LogP contribution in [0.5, 0.6) is 0 Å². The number of carbonyl (C=O) groups excluding carboxylic acids is 1. The maximum atomic E-state index is 12.7. The van der Waals surface area contributed by atoms with Gasteiger partial charge in [-0.15, -0.1) is 0 Å². The molecule has 4 rings (SSSR count). The van der Waals surface area contributed by atoms with Crippen molar-refractivity contribution in [1.82, 2.24) is 4.58 Å². The van der Waals surface area contributed by atoms with Crippen LogP contribution in [0.3, 0.4) is 0 Å². The second-order valence-electron chi connectivity index (χ2n) is 8.17. The molecule has 0 fully saturated rings. The van der Waals surface area contributed by atoms with Gasteiger partial charge in [0.1, 0.15) is 25.4 Å². The molecule has 0 bridgehead atoms. The van der Waals surface area contributed by atoms with Gasteiger partial charge in [-0.05, 0) is 36.8 Å². The van der Waals surface area contributed by atoms with Gasteiger partial charge < -0.3 is 14.1 Å². The van der Waals surface area contributed by atoms with E-state index in [0.29, 0.717) is 5.56 Å². The molecule has 5 heteroatoms. The third-order valence-corrected chi connectivity index (χ3v) is 5.57. The molecule has 2 aliphatic rings. The number of benzene rings is 3. The van der Waals surface area contributed by atoms with Gasteiger partial charge in [0.05, 0.1) is 18.7 Å². The first-order valence-electron chi connectivity index (χ1n) is 10.2. The Balaban J connectivity index is 2.18. The number of methoxy groups -OCH3 is 1. The summed E-state index contributed by atoms with van der Waals surface area (Å²) in [6.45, 7) is 1.97. The zero-order valence-electron chi connectivity index (χ0n) is 18.8. The average Bonchev–Trinajstić information content (AvgIpc) is 2.76. The molecule has 2 aromatic carbocycles. The topological polar surface area (TPSA) is 45.7 Å². The highest BCUT2D eigenvalue weighted by Gasteiger charge is 2.23. The van der Waals surface area contributed by atoms with Crippen LogP contribution in [0.25, 0.3) is 33.4 Å². The summed E-state index contributed by atoms with van der Waals surface area (Å²) in [5.74, 6) is 0.414. The van der Waals surface area contributed by atoms with Crippen LogP contribution < -0.4 is 14.8 Å². The fourth-order valence-electron chi connectivity index (χ4n) is 3.87. The summed E-state index contributed by atoms with van der Waals surface area (Å²) >= 11 is 0. The number of hydrogen-bond donors (Lipinski definition) is 0. The molecule has 0 N–H and O–H groups in total. The summed E-state index contributed by atoms with van der Waals surface area (Å²) in [4.78, 5) is 14.7. The highest BCUT2D eigenvalue weighted by atomic mass is 16.5. The number of ether oxygens (including phenoxy) is 1. The van der Waals surface area contributed by atoms with E-state index in [1.807, 2.05) is 74.9 Å². The van der Waals surface area contributed by atoms with Crippen molar-refractivity contribution in [1.29, 1.82) is 0 Å². The Morgan fingerprint density at radius 2 is 1.71 bits per heavy atom. The second kappa shape index (κ2) is 7.91. The van der Waals surface area contributed by atoms with E-state index in [0.717, 1.165) is 50.0 Å². The highest BCUT2D eigenvalue weighted by molar-refractivity contribution is 6.08. The van der Waals surface area contributed by atoms with Gasteiger partial charge in [0.15, 0.2) is 0 Å². The van der Waals surface area contributed by atoms with Crippen molar-refractivity contribution in [3.05, 3.63) is 71.1 Å². The molecule has 5 nitrogen and oxygen atoms in total. The molecule has 1 aliphatic heterocycles. The van der Waals surface area contributed by atoms with Gasteiger partial charge in [0.2, 0.25) is 5.36 Å². The fraction of sp³-hybridized carbons (Fsp3) is 0.231. The number of rotatable bonds is 3. The maximum Gasteiger partial charge on any atom is 0.338 e. The predicted octanol–water partition coefficient (Wildman–Crippen LogP) is 4.40. The fourth-order valence-corrected chi connectivity index (χ4v) is 3.87. The van der Waals surface area contributed by atoms with Crippen LogP contribution in [0.1, 0.15) is 15.9 Å². The Hall–Kier alpha value is -3.60. The molecule has 0 aromatic heterocycles. The van der Waals surface area contributed by atoms with Gasteiger partial charge in [-0.2, -0.15) is 0 Å². The Morgan fingerprint density at radius 1 is 0.968 bits per heavy atom. The van der Waals surface area contributed by atoms with Gasteiger partial charge in [-0.3, -0.25) is 0 Å². The van der Waals surface area contributed by atoms with Crippen molar-refractivity contribution < 1.29 is 13.9 Å². The predicted molar refractivity (Wildman–Crippen MR) is 126 cm³/mol. The lowest BCUT2D eigenvalue weighted by atomic mass is 9.90. The largest absolute Gasteiger partial charge is 0.465 e. The van der Waals surface area contributed by atoms with Gasteiger partial charge >= 0.3 is 5.97 Å². The number of esters is 1. The Labute approximate surface area is 182 Å². The molecule has 0 saturated heterocycles. The van der Waals surface area contributed by atoms with E-state index in [2.05, 4.69) is 24.3 Å². The number of aryl methyl sites for hydroxylation is 1. The van der Waals surface area contributed by atoms with Crippen molar-refractivity contribution in [2.24, 2.45) is 0 Å². The summed E-state index contributed by atoms with van der Waals surface area (Å²) < 4.78 is 13.5. The minimum absolute atomic E-state index is 0.351. The summed E-state index contributed by atoms with van der Waals surface area (Å²) in [6.07, 6.45) is 0. The minimum atomic E-state index is -0.351. The first kappa shape index (κ1) is 20.7. The SMILES string of the molecule is COC(=O)c1cc(C)ccc1-c1c2ccc(=[N+](C)C)cc-2oc2cc(N(C)C)ccc12. The molecule has 0 atom stereocenters. The summed E-state index contributed by atoms with van der Waals surface area (Å²) in [5.41, 5.74) is 6.10. The average molecular weight is 416 g/mol. The molecular formula is C26H27N2O3+. The quantitative estimate of drug-likeness (QED) is 0.283. The van der Waals surface area contributed by atoms with Gasteiger partial charge in [-0.1, -0.05) is 17.7 Å². The van der Waals surface area contributed by atoms with E-state index < -0.39 is 0 Å². The first-order chi connectivity index (χ1) is 14.8. The van der Waals surface area contributed by atoms with E-state index in [9.17, 15) is 4.79 Å². The van der Waals surface area contributed by atoms with Crippen molar-refractivity contribution in [3.63, 3.8) is 0 Å². The van der Waals surface area contributed by atoms with Crippen molar-refractivity contribution in [2.75, 3.05) is 40.2 Å². The van der Waals surface area contributed by atoms with Crippen LogP contribution in [0.2, 0.25) is 0 Å². The molecule has 1 heterocycles. The maximum absolute atomic E-state index is 12.7. The third kappa shape index (κ3) is 3.67. The van der Waals surface area contributed by atoms with E-state index in [1.165, 1.54) is 7.11 Å². The molecule has 2 aromatic rings. The summed E-state index contributed by atoms with van der Waals surface area (Å²) in [5, 5.41) is 1.99. The zero-order chi connectivity index (χ0) is 22.3. The molecular weight excluding hydrogens is 388 g/mol. The number of carbonyl (C=O) groups is 1. The van der Waals surface area contributed by atoms with Crippen molar-refractivity contribution in [3.8, 4) is 22.5 Å². The first-order valence-corrected chi connectivity index (χ1v) is 10.2. The highest BCUT2D eigenvalue weighted by Crippen LogP contribution is 2.42. The molecule has 0 spiro atoms. The third-order valence-electron chi connectivity index (χ3n) is 5.57. The van der Waals surface area contributed by atoms with Crippen molar-refractivity contribution in [2.45, 2.75) is 6.92 Å². The van der Waals surface area contributed by atoms with Crippen LogP contribution in [-0.2, 0) is 4.74 Å². The number of fused-ring (bicyclic) bond motifs is 2. The molecule has 0 radical (unpaired) electrons. The summed E-state index contributed by atoms with van der Waals surface area (Å²) in [7, 11) is 9.42. The smallest absolute Gasteiger partial charge is 0.338 e. The zero-order valence-corrected chi connectivity index (χ0v) is 18.8. The molecule has 1 aliphatic carbocycles. The van der Waals surface area contributed by atoms with Crippen LogP contribution in [-0.4, -0.2) is 41.3 Å². The van der Waals surface area contributed by atoms with E-state index >= 15 is 0 Å². The van der Waals surface area contributed by atoms with Gasteiger partial charge in [-0.25, -0.2) is 9.37 Å². The van der Waals surface area contributed by atoms with Crippen LogP contribution >= 0.6 is 0 Å². The lowest BCUT2D eigenvalue weighted by molar-refractivity contribution is 0.0601. The van der Waals surface area contributed by atoms with Crippen LogP contribution in [0.4, 0.5) is 5.69 Å². The van der Waals surface area contributed by atoms with Crippen LogP contribution in [0, 0.1) is 6.92 Å².